The lowest BCUT2D eigenvalue weighted by molar-refractivity contribution is -0.00307. The van der Waals surface area contributed by atoms with Crippen LogP contribution in [-0.2, 0) is 0 Å². The van der Waals surface area contributed by atoms with Crippen molar-refractivity contribution in [3.63, 3.8) is 0 Å². The molecule has 6 nitrogen and oxygen atoms in total. The number of anilines is 1. The third kappa shape index (κ3) is 2.24. The van der Waals surface area contributed by atoms with Crippen LogP contribution in [0.1, 0.15) is 38.5 Å². The first-order valence-electron chi connectivity index (χ1n) is 9.27. The maximum Gasteiger partial charge on any atom is 0.298 e. The lowest BCUT2D eigenvalue weighted by Gasteiger charge is -2.50. The summed E-state index contributed by atoms with van der Waals surface area (Å²) in [6.45, 7) is 0. The Kier molecular flexibility index (Phi) is 3.40. The number of aliphatic hydroxyl groups excluding tert-OH is 1. The van der Waals surface area contributed by atoms with Gasteiger partial charge in [-0.25, -0.2) is 0 Å². The van der Waals surface area contributed by atoms with Crippen LogP contribution in [0.2, 0.25) is 0 Å². The van der Waals surface area contributed by atoms with Crippen LogP contribution >= 0.6 is 0 Å². The number of nitrogens with one attached hydrogen (secondary N) is 1. The van der Waals surface area contributed by atoms with E-state index in [2.05, 4.69) is 22.2 Å². The fourth-order valence-corrected chi connectivity index (χ4v) is 5.18. The summed E-state index contributed by atoms with van der Waals surface area (Å²) in [6.07, 6.45) is 5.95. The molecule has 2 aromatic rings. The molecule has 3 atom stereocenters. The number of nitrogens with zero attached hydrogens (tertiary/aromatic N) is 3. The predicted octanol–water partition coefficient (Wildman–Crippen LogP) is 2.99. The molecule has 0 amide bonds. The van der Waals surface area contributed by atoms with Crippen molar-refractivity contribution in [1.82, 2.24) is 9.88 Å². The molecule has 2 heterocycles. The zero-order chi connectivity index (χ0) is 17.0. The van der Waals surface area contributed by atoms with Crippen molar-refractivity contribution in [2.75, 3.05) is 12.4 Å². The first kappa shape index (κ1) is 15.3. The van der Waals surface area contributed by atoms with Gasteiger partial charge in [-0.1, -0.05) is 25.0 Å². The van der Waals surface area contributed by atoms with Gasteiger partial charge < -0.3 is 14.8 Å². The molecule has 2 saturated carbocycles. The minimum absolute atomic E-state index is 0.0106. The third-order valence-corrected chi connectivity index (χ3v) is 6.39. The quantitative estimate of drug-likeness (QED) is 0.879. The highest BCUT2D eigenvalue weighted by Gasteiger charge is 2.55. The summed E-state index contributed by atoms with van der Waals surface area (Å²) in [5.41, 5.74) is 2.80. The molecule has 3 unspecified atom stereocenters. The molecule has 0 saturated heterocycles. The van der Waals surface area contributed by atoms with Crippen molar-refractivity contribution in [2.24, 2.45) is 10.9 Å². The van der Waals surface area contributed by atoms with Gasteiger partial charge in [-0.3, -0.25) is 9.89 Å². The summed E-state index contributed by atoms with van der Waals surface area (Å²) < 4.78 is 5.84. The second kappa shape index (κ2) is 5.54. The molecule has 2 aliphatic carbocycles. The standard InChI is InChI=1S/C19H24N4O2/c1-23-17(22-18-21-12-6-2-3-7-15(12)25-18)20-13-8-9-14(24)16(13)19(23)10-4-5-11-19/h2-3,6-7,14,16-17,24H,4-5,8-11H2,1H3,(H,21,22). The SMILES string of the molecule is CN1C(Nc2nc3ccccc3o2)N=C2CCC(O)C2C12CCCC2. The molecule has 1 aromatic heterocycles. The molecule has 0 radical (unpaired) electrons. The summed E-state index contributed by atoms with van der Waals surface area (Å²) in [4.78, 5) is 11.8. The molecular formula is C19H24N4O2. The number of rotatable bonds is 2. The smallest absolute Gasteiger partial charge is 0.298 e. The van der Waals surface area contributed by atoms with Crippen LogP contribution in [-0.4, -0.2) is 45.7 Å². The normalized spacial score (nSPS) is 31.4. The van der Waals surface area contributed by atoms with Crippen LogP contribution < -0.4 is 5.32 Å². The predicted molar refractivity (Wildman–Crippen MR) is 96.5 cm³/mol. The molecule has 0 bridgehead atoms. The van der Waals surface area contributed by atoms with Gasteiger partial charge in [-0.2, -0.15) is 4.98 Å². The van der Waals surface area contributed by atoms with Gasteiger partial charge in [0.05, 0.1) is 6.10 Å². The fourth-order valence-electron chi connectivity index (χ4n) is 5.18. The Morgan fingerprint density at radius 2 is 2.08 bits per heavy atom. The monoisotopic (exact) mass is 340 g/mol. The average molecular weight is 340 g/mol. The molecule has 132 valence electrons. The van der Waals surface area contributed by atoms with Gasteiger partial charge in [-0.05, 0) is 44.9 Å². The van der Waals surface area contributed by atoms with Crippen molar-refractivity contribution in [1.29, 1.82) is 0 Å². The van der Waals surface area contributed by atoms with Crippen LogP contribution in [0.25, 0.3) is 11.1 Å². The number of fused-ring (bicyclic) bond motifs is 3. The maximum atomic E-state index is 10.6. The van der Waals surface area contributed by atoms with E-state index in [1.165, 1.54) is 18.6 Å². The minimum atomic E-state index is -0.260. The fraction of sp³-hybridized carbons (Fsp3) is 0.579. The van der Waals surface area contributed by atoms with E-state index in [4.69, 9.17) is 9.41 Å². The maximum absolute atomic E-state index is 10.6. The van der Waals surface area contributed by atoms with Crippen LogP contribution in [0, 0.1) is 5.92 Å². The minimum Gasteiger partial charge on any atom is -0.423 e. The Hall–Kier alpha value is -1.92. The number of para-hydroxylation sites is 2. The highest BCUT2D eigenvalue weighted by molar-refractivity contribution is 5.91. The van der Waals surface area contributed by atoms with Gasteiger partial charge in [0.1, 0.15) is 5.52 Å². The third-order valence-electron chi connectivity index (χ3n) is 6.39. The van der Waals surface area contributed by atoms with Gasteiger partial charge in [0.2, 0.25) is 0 Å². The Labute approximate surface area is 146 Å². The van der Waals surface area contributed by atoms with E-state index in [0.717, 1.165) is 36.8 Å². The summed E-state index contributed by atoms with van der Waals surface area (Å²) in [5.74, 6) is 0.182. The van der Waals surface area contributed by atoms with Crippen molar-refractivity contribution in [3.8, 4) is 0 Å². The summed E-state index contributed by atoms with van der Waals surface area (Å²) in [7, 11) is 2.12. The van der Waals surface area contributed by atoms with E-state index in [0.29, 0.717) is 6.01 Å². The van der Waals surface area contributed by atoms with Gasteiger partial charge in [0.15, 0.2) is 11.9 Å². The highest BCUT2D eigenvalue weighted by Crippen LogP contribution is 2.49. The molecule has 2 fully saturated rings. The van der Waals surface area contributed by atoms with Crippen LogP contribution in [0.15, 0.2) is 33.7 Å². The number of benzene rings is 1. The van der Waals surface area contributed by atoms with Crippen LogP contribution in [0.3, 0.4) is 0 Å². The molecule has 3 aliphatic rings. The van der Waals surface area contributed by atoms with Gasteiger partial charge in [0.25, 0.3) is 6.01 Å². The lowest BCUT2D eigenvalue weighted by atomic mass is 9.76. The highest BCUT2D eigenvalue weighted by atomic mass is 16.4. The van der Waals surface area contributed by atoms with Gasteiger partial charge in [0, 0.05) is 17.2 Å². The zero-order valence-electron chi connectivity index (χ0n) is 14.5. The van der Waals surface area contributed by atoms with Gasteiger partial charge >= 0.3 is 0 Å². The summed E-state index contributed by atoms with van der Waals surface area (Å²) in [6, 6.07) is 8.28. The summed E-state index contributed by atoms with van der Waals surface area (Å²) in [5, 5.41) is 14.0. The van der Waals surface area contributed by atoms with Crippen LogP contribution in [0.5, 0.6) is 0 Å². The van der Waals surface area contributed by atoms with E-state index in [-0.39, 0.29) is 23.9 Å². The number of aromatic nitrogens is 1. The van der Waals surface area contributed by atoms with E-state index < -0.39 is 0 Å². The van der Waals surface area contributed by atoms with Crippen molar-refractivity contribution < 1.29 is 9.52 Å². The second-order valence-electron chi connectivity index (χ2n) is 7.63. The molecule has 5 rings (SSSR count). The van der Waals surface area contributed by atoms with Crippen LogP contribution in [0.4, 0.5) is 6.01 Å². The molecular weight excluding hydrogens is 316 g/mol. The van der Waals surface area contributed by atoms with E-state index >= 15 is 0 Å². The largest absolute Gasteiger partial charge is 0.423 e. The van der Waals surface area contributed by atoms with Crippen molar-refractivity contribution >= 4 is 22.8 Å². The van der Waals surface area contributed by atoms with Crippen molar-refractivity contribution in [2.45, 2.75) is 56.5 Å². The van der Waals surface area contributed by atoms with E-state index in [1.807, 2.05) is 24.3 Å². The second-order valence-corrected chi connectivity index (χ2v) is 7.63. The number of aliphatic hydroxyl groups is 1. The number of oxazole rings is 1. The number of hydrogen-bond donors (Lipinski definition) is 2. The Bertz CT molecular complexity index is 791. The first-order chi connectivity index (χ1) is 12.2. The molecule has 6 heteroatoms. The number of hydrogen-bond acceptors (Lipinski definition) is 6. The van der Waals surface area contributed by atoms with Gasteiger partial charge in [-0.15, -0.1) is 0 Å². The van der Waals surface area contributed by atoms with Crippen molar-refractivity contribution in [3.05, 3.63) is 24.3 Å². The summed E-state index contributed by atoms with van der Waals surface area (Å²) >= 11 is 0. The lowest BCUT2D eigenvalue weighted by Crippen LogP contribution is -2.62. The molecule has 25 heavy (non-hydrogen) atoms. The molecule has 1 aromatic carbocycles. The molecule has 1 spiro atoms. The Morgan fingerprint density at radius 1 is 1.28 bits per heavy atom. The zero-order valence-corrected chi connectivity index (χ0v) is 14.5. The first-order valence-corrected chi connectivity index (χ1v) is 9.27. The molecule has 1 aliphatic heterocycles. The van der Waals surface area contributed by atoms with E-state index in [1.54, 1.807) is 0 Å². The topological polar surface area (TPSA) is 73.9 Å². The average Bonchev–Trinajstić information content (AvgIpc) is 3.31. The molecule has 2 N–H and O–H groups in total. The Morgan fingerprint density at radius 3 is 2.88 bits per heavy atom. The van der Waals surface area contributed by atoms with E-state index in [9.17, 15) is 5.11 Å². The Balaban J connectivity index is 1.50. The number of aliphatic imine (C=N–C) groups is 1.